The molecule has 1 aliphatic heterocycles. The Balaban J connectivity index is 2.33. The minimum atomic E-state index is -1.12. The van der Waals surface area contributed by atoms with Gasteiger partial charge in [0.2, 0.25) is 0 Å². The van der Waals surface area contributed by atoms with Gasteiger partial charge in [-0.15, -0.1) is 0 Å². The van der Waals surface area contributed by atoms with Crippen molar-refractivity contribution in [1.29, 1.82) is 0 Å². The number of hydrogen-bond acceptors (Lipinski definition) is 6. The highest BCUT2D eigenvalue weighted by Crippen LogP contribution is 2.39. The maximum absolute atomic E-state index is 12.3. The summed E-state index contributed by atoms with van der Waals surface area (Å²) in [5.74, 6) is -0.536. The van der Waals surface area contributed by atoms with Gasteiger partial charge in [-0.1, -0.05) is 36.6 Å². The monoisotopic (exact) mass is 443 g/mol. The van der Waals surface area contributed by atoms with Gasteiger partial charge in [-0.2, -0.15) is 0 Å². The molecular formula is C16H14BrNO5S2. The van der Waals surface area contributed by atoms with Gasteiger partial charge in [-0.3, -0.25) is 14.5 Å². The molecule has 0 unspecified atom stereocenters. The van der Waals surface area contributed by atoms with Crippen molar-refractivity contribution in [2.24, 2.45) is 0 Å². The van der Waals surface area contributed by atoms with Crippen LogP contribution in [0.5, 0.6) is 11.5 Å². The lowest BCUT2D eigenvalue weighted by atomic mass is 10.2. The quantitative estimate of drug-likeness (QED) is 0.393. The summed E-state index contributed by atoms with van der Waals surface area (Å²) in [4.78, 5) is 24.6. The molecule has 0 atom stereocenters. The standard InChI is InChI=1S/C16H14BrNO5S2/c1-3-4-23-14-10(17)5-9(6-11(14)22-2)7-12-15(21)18(8-13(19)20)16(24)25-12/h3,5-7H,1,4,8H2,2H3,(H,19,20)/b12-7-. The predicted molar refractivity (Wildman–Crippen MR) is 104 cm³/mol. The highest BCUT2D eigenvalue weighted by molar-refractivity contribution is 9.10. The number of carbonyl (C=O) groups excluding carboxylic acids is 1. The number of carbonyl (C=O) groups is 2. The van der Waals surface area contributed by atoms with E-state index in [1.165, 1.54) is 7.11 Å². The van der Waals surface area contributed by atoms with Crippen molar-refractivity contribution in [1.82, 2.24) is 4.90 Å². The van der Waals surface area contributed by atoms with Gasteiger partial charge >= 0.3 is 5.97 Å². The minimum Gasteiger partial charge on any atom is -0.493 e. The first-order valence-corrected chi connectivity index (χ1v) is 8.97. The molecule has 25 heavy (non-hydrogen) atoms. The third-order valence-electron chi connectivity index (χ3n) is 3.06. The lowest BCUT2D eigenvalue weighted by molar-refractivity contribution is -0.140. The zero-order valence-electron chi connectivity index (χ0n) is 13.2. The number of ether oxygens (including phenoxy) is 2. The number of nitrogens with zero attached hydrogens (tertiary/aromatic N) is 1. The summed E-state index contributed by atoms with van der Waals surface area (Å²) in [7, 11) is 1.51. The van der Waals surface area contributed by atoms with E-state index in [0.717, 1.165) is 16.7 Å². The Labute approximate surface area is 162 Å². The molecule has 0 aliphatic carbocycles. The zero-order valence-corrected chi connectivity index (χ0v) is 16.4. The fraction of sp³-hybridized carbons (Fsp3) is 0.188. The molecule has 1 saturated heterocycles. The SMILES string of the molecule is C=CCOc1c(Br)cc(/C=C2\SC(=S)N(CC(=O)O)C2=O)cc1OC. The first kappa shape index (κ1) is 19.5. The molecule has 1 amide bonds. The topological polar surface area (TPSA) is 76.1 Å². The van der Waals surface area contributed by atoms with E-state index >= 15 is 0 Å². The van der Waals surface area contributed by atoms with Gasteiger partial charge < -0.3 is 14.6 Å². The Bertz CT molecular complexity index is 778. The summed E-state index contributed by atoms with van der Waals surface area (Å²) >= 11 is 9.55. The van der Waals surface area contributed by atoms with E-state index in [-0.39, 0.29) is 4.32 Å². The van der Waals surface area contributed by atoms with Crippen LogP contribution < -0.4 is 9.47 Å². The third-order valence-corrected chi connectivity index (χ3v) is 5.03. The van der Waals surface area contributed by atoms with E-state index in [2.05, 4.69) is 22.5 Å². The highest BCUT2D eigenvalue weighted by Gasteiger charge is 2.33. The summed E-state index contributed by atoms with van der Waals surface area (Å²) in [5, 5.41) is 8.87. The summed E-state index contributed by atoms with van der Waals surface area (Å²) < 4.78 is 11.8. The molecule has 6 nitrogen and oxygen atoms in total. The molecule has 0 spiro atoms. The third kappa shape index (κ3) is 4.62. The number of carboxylic acid groups (broad SMARTS) is 1. The first-order valence-electron chi connectivity index (χ1n) is 6.95. The Morgan fingerprint density at radius 2 is 2.24 bits per heavy atom. The van der Waals surface area contributed by atoms with Gasteiger partial charge in [0.25, 0.3) is 5.91 Å². The molecule has 1 N–H and O–H groups in total. The largest absolute Gasteiger partial charge is 0.493 e. The second kappa shape index (κ2) is 8.50. The van der Waals surface area contributed by atoms with E-state index in [0.29, 0.717) is 33.0 Å². The summed E-state index contributed by atoms with van der Waals surface area (Å²) in [6, 6.07) is 3.48. The molecule has 1 aromatic rings. The lowest BCUT2D eigenvalue weighted by Crippen LogP contribution is -2.33. The minimum absolute atomic E-state index is 0.218. The van der Waals surface area contributed by atoms with E-state index in [1.807, 2.05) is 0 Å². The predicted octanol–water partition coefficient (Wildman–Crippen LogP) is 3.31. The Hall–Kier alpha value is -1.84. The van der Waals surface area contributed by atoms with Gasteiger partial charge in [-0.05, 0) is 39.7 Å². The number of thioether (sulfide) groups is 1. The van der Waals surface area contributed by atoms with Crippen LogP contribution in [-0.4, -0.2) is 46.5 Å². The molecule has 1 heterocycles. The number of rotatable bonds is 7. The number of hydrogen-bond donors (Lipinski definition) is 1. The van der Waals surface area contributed by atoms with Gasteiger partial charge in [0, 0.05) is 0 Å². The van der Waals surface area contributed by atoms with Gasteiger partial charge in [0.1, 0.15) is 17.5 Å². The van der Waals surface area contributed by atoms with Crippen molar-refractivity contribution in [3.8, 4) is 11.5 Å². The number of halogens is 1. The molecule has 2 rings (SSSR count). The van der Waals surface area contributed by atoms with Crippen LogP contribution in [0.2, 0.25) is 0 Å². The van der Waals surface area contributed by atoms with Crippen molar-refractivity contribution >= 4 is 62.2 Å². The van der Waals surface area contributed by atoms with Gasteiger partial charge in [0.15, 0.2) is 11.5 Å². The van der Waals surface area contributed by atoms with E-state index in [9.17, 15) is 9.59 Å². The van der Waals surface area contributed by atoms with Crippen LogP contribution in [0.4, 0.5) is 0 Å². The normalized spacial score (nSPS) is 15.6. The van der Waals surface area contributed by atoms with Crippen LogP contribution in [0, 0.1) is 0 Å². The van der Waals surface area contributed by atoms with Crippen LogP contribution in [0.1, 0.15) is 5.56 Å². The fourth-order valence-corrected chi connectivity index (χ4v) is 3.86. The maximum Gasteiger partial charge on any atom is 0.323 e. The van der Waals surface area contributed by atoms with Crippen LogP contribution in [0.25, 0.3) is 6.08 Å². The van der Waals surface area contributed by atoms with Crippen molar-refractivity contribution in [2.45, 2.75) is 0 Å². The fourth-order valence-electron chi connectivity index (χ4n) is 2.03. The molecule has 1 fully saturated rings. The lowest BCUT2D eigenvalue weighted by Gasteiger charge is -2.12. The van der Waals surface area contributed by atoms with Crippen LogP contribution in [0.15, 0.2) is 34.2 Å². The molecule has 0 bridgehead atoms. The molecular weight excluding hydrogens is 430 g/mol. The Morgan fingerprint density at radius 3 is 2.84 bits per heavy atom. The van der Waals surface area contributed by atoms with Gasteiger partial charge in [-0.25, -0.2) is 0 Å². The molecule has 0 saturated carbocycles. The number of aliphatic carboxylic acids is 1. The Morgan fingerprint density at radius 1 is 1.52 bits per heavy atom. The number of benzene rings is 1. The molecule has 1 aliphatic rings. The molecule has 0 radical (unpaired) electrons. The second-order valence-corrected chi connectivity index (χ2v) is 7.33. The number of carboxylic acids is 1. The number of thiocarbonyl (C=S) groups is 1. The summed E-state index contributed by atoms with van der Waals surface area (Å²) in [6.45, 7) is 3.47. The summed E-state index contributed by atoms with van der Waals surface area (Å²) in [5.41, 5.74) is 0.686. The van der Waals surface area contributed by atoms with Crippen LogP contribution in [-0.2, 0) is 9.59 Å². The van der Waals surface area contributed by atoms with Gasteiger partial charge in [0.05, 0.1) is 16.5 Å². The summed E-state index contributed by atoms with van der Waals surface area (Å²) in [6.07, 6.45) is 3.25. The Kier molecular flexibility index (Phi) is 6.63. The molecule has 0 aromatic heterocycles. The van der Waals surface area contributed by atoms with Crippen molar-refractivity contribution in [2.75, 3.05) is 20.3 Å². The van der Waals surface area contributed by atoms with Crippen molar-refractivity contribution < 1.29 is 24.2 Å². The van der Waals surface area contributed by atoms with Crippen molar-refractivity contribution in [3.05, 3.63) is 39.7 Å². The molecule has 132 valence electrons. The smallest absolute Gasteiger partial charge is 0.323 e. The molecule has 9 heteroatoms. The van der Waals surface area contributed by atoms with E-state index in [4.69, 9.17) is 26.8 Å². The number of amides is 1. The van der Waals surface area contributed by atoms with Crippen molar-refractivity contribution in [3.63, 3.8) is 0 Å². The zero-order chi connectivity index (χ0) is 18.6. The maximum atomic E-state index is 12.3. The van der Waals surface area contributed by atoms with Crippen LogP contribution >= 0.6 is 39.9 Å². The number of methoxy groups -OCH3 is 1. The first-order chi connectivity index (χ1) is 11.9. The average Bonchev–Trinajstić information content (AvgIpc) is 2.80. The van der Waals surface area contributed by atoms with Crippen LogP contribution in [0.3, 0.4) is 0 Å². The molecule has 1 aromatic carbocycles. The second-order valence-electron chi connectivity index (χ2n) is 4.80. The van der Waals surface area contributed by atoms with E-state index in [1.54, 1.807) is 24.3 Å². The highest BCUT2D eigenvalue weighted by atomic mass is 79.9. The average molecular weight is 444 g/mol. The van der Waals surface area contributed by atoms with E-state index < -0.39 is 18.4 Å².